The van der Waals surface area contributed by atoms with Gasteiger partial charge in [-0.05, 0) is 43.9 Å². The highest BCUT2D eigenvalue weighted by atomic mass is 35.5. The molecule has 3 heterocycles. The Kier molecular flexibility index (Phi) is 7.15. The van der Waals surface area contributed by atoms with Gasteiger partial charge < -0.3 is 10.4 Å². The van der Waals surface area contributed by atoms with E-state index in [9.17, 15) is 8.78 Å². The summed E-state index contributed by atoms with van der Waals surface area (Å²) in [6.45, 7) is 3.85. The Morgan fingerprint density at radius 2 is 2.04 bits per heavy atom. The second kappa shape index (κ2) is 9.58. The van der Waals surface area contributed by atoms with Crippen molar-refractivity contribution in [2.24, 2.45) is 0 Å². The zero-order chi connectivity index (χ0) is 20.1. The summed E-state index contributed by atoms with van der Waals surface area (Å²) in [7, 11) is 0. The normalized spacial score (nSPS) is 16.9. The van der Waals surface area contributed by atoms with Crippen LogP contribution >= 0.6 is 11.6 Å². The number of aliphatic hydroxyl groups excluding tert-OH is 1. The standard InChI is InChI=1S/C20H25ClF2N4O/c1-13(4-7-28)26-18-9-19(21)24-11-16(18)20-17(23)8-14(10-25-20)12-27-5-2-15(22)3-6-27/h8-11,13,15,28H,2-7,12H2,1H3,(H,24,26)/t13-/m0/s1. The van der Waals surface area contributed by atoms with Gasteiger partial charge >= 0.3 is 0 Å². The van der Waals surface area contributed by atoms with Gasteiger partial charge in [-0.2, -0.15) is 0 Å². The predicted molar refractivity (Wildman–Crippen MR) is 107 cm³/mol. The van der Waals surface area contributed by atoms with Gasteiger partial charge in [0.15, 0.2) is 0 Å². The lowest BCUT2D eigenvalue weighted by Crippen LogP contribution is -2.33. The van der Waals surface area contributed by atoms with Crippen LogP contribution in [0.15, 0.2) is 24.5 Å². The number of nitrogens with zero attached hydrogens (tertiary/aromatic N) is 3. The summed E-state index contributed by atoms with van der Waals surface area (Å²) in [5.41, 5.74) is 2.07. The van der Waals surface area contributed by atoms with Crippen molar-refractivity contribution < 1.29 is 13.9 Å². The molecule has 1 atom stereocenters. The number of piperidine rings is 1. The minimum atomic E-state index is -0.731. The largest absolute Gasteiger partial charge is 0.396 e. The van der Waals surface area contributed by atoms with Gasteiger partial charge in [0.1, 0.15) is 22.8 Å². The van der Waals surface area contributed by atoms with Gasteiger partial charge in [0.25, 0.3) is 0 Å². The number of halogens is 3. The van der Waals surface area contributed by atoms with Crippen molar-refractivity contribution in [3.63, 3.8) is 0 Å². The Morgan fingerprint density at radius 3 is 2.71 bits per heavy atom. The third-order valence-electron chi connectivity index (χ3n) is 4.91. The number of pyridine rings is 2. The Balaban J connectivity index is 1.80. The molecule has 3 rings (SSSR count). The number of aliphatic hydroxyl groups is 1. The number of anilines is 1. The molecule has 0 bridgehead atoms. The van der Waals surface area contributed by atoms with Gasteiger partial charge in [0.2, 0.25) is 0 Å². The quantitative estimate of drug-likeness (QED) is 0.674. The van der Waals surface area contributed by atoms with E-state index in [1.807, 2.05) is 6.92 Å². The SMILES string of the molecule is C[C@@H](CCO)Nc1cc(Cl)ncc1-c1ncc(CN2CCC(F)CC2)cc1F. The number of nitrogens with one attached hydrogen (secondary N) is 1. The van der Waals surface area contributed by atoms with Crippen LogP contribution in [0.2, 0.25) is 5.15 Å². The summed E-state index contributed by atoms with van der Waals surface area (Å²) in [5.74, 6) is -0.445. The summed E-state index contributed by atoms with van der Waals surface area (Å²) >= 11 is 6.00. The third kappa shape index (κ3) is 5.37. The maximum Gasteiger partial charge on any atom is 0.149 e. The Morgan fingerprint density at radius 1 is 1.29 bits per heavy atom. The summed E-state index contributed by atoms with van der Waals surface area (Å²) < 4.78 is 28.1. The highest BCUT2D eigenvalue weighted by Crippen LogP contribution is 2.31. The van der Waals surface area contributed by atoms with Gasteiger partial charge in [-0.25, -0.2) is 13.8 Å². The van der Waals surface area contributed by atoms with Crippen molar-refractivity contribution >= 4 is 17.3 Å². The number of rotatable bonds is 7. The van der Waals surface area contributed by atoms with Crippen LogP contribution in [0.3, 0.4) is 0 Å². The second-order valence-electron chi connectivity index (χ2n) is 7.24. The van der Waals surface area contributed by atoms with E-state index in [2.05, 4.69) is 20.2 Å². The first-order valence-electron chi connectivity index (χ1n) is 9.50. The molecule has 0 radical (unpaired) electrons. The van der Waals surface area contributed by atoms with Crippen LogP contribution in [0, 0.1) is 5.82 Å². The van der Waals surface area contributed by atoms with E-state index in [1.54, 1.807) is 12.3 Å². The Bertz CT molecular complexity index is 800. The molecular formula is C20H25ClF2N4O. The average Bonchev–Trinajstić information content (AvgIpc) is 2.65. The van der Waals surface area contributed by atoms with Gasteiger partial charge in [0, 0.05) is 55.9 Å². The van der Waals surface area contributed by atoms with Crippen LogP contribution < -0.4 is 5.32 Å². The molecule has 152 valence electrons. The van der Waals surface area contributed by atoms with Crippen molar-refractivity contribution in [1.82, 2.24) is 14.9 Å². The van der Waals surface area contributed by atoms with Crippen molar-refractivity contribution in [3.8, 4) is 11.3 Å². The molecule has 2 aromatic heterocycles. The summed E-state index contributed by atoms with van der Waals surface area (Å²) in [4.78, 5) is 10.5. The van der Waals surface area contributed by atoms with E-state index < -0.39 is 12.0 Å². The molecule has 0 saturated carbocycles. The molecule has 28 heavy (non-hydrogen) atoms. The van der Waals surface area contributed by atoms with Gasteiger partial charge in [-0.3, -0.25) is 9.88 Å². The third-order valence-corrected chi connectivity index (χ3v) is 5.12. The fourth-order valence-corrected chi connectivity index (χ4v) is 3.51. The van der Waals surface area contributed by atoms with Gasteiger partial charge in [0.05, 0.1) is 0 Å². The average molecular weight is 411 g/mol. The topological polar surface area (TPSA) is 61.3 Å². The second-order valence-corrected chi connectivity index (χ2v) is 7.62. The Labute approximate surface area is 168 Å². The van der Waals surface area contributed by atoms with Crippen LogP contribution in [0.4, 0.5) is 14.5 Å². The highest BCUT2D eigenvalue weighted by molar-refractivity contribution is 6.29. The van der Waals surface area contributed by atoms with Crippen molar-refractivity contribution in [2.75, 3.05) is 25.0 Å². The molecule has 0 unspecified atom stereocenters. The van der Waals surface area contributed by atoms with Crippen molar-refractivity contribution in [3.05, 3.63) is 41.1 Å². The number of likely N-dealkylation sites (tertiary alicyclic amines) is 1. The van der Waals surface area contributed by atoms with Gasteiger partial charge in [-0.1, -0.05) is 11.6 Å². The lowest BCUT2D eigenvalue weighted by molar-refractivity contribution is 0.145. The smallest absolute Gasteiger partial charge is 0.149 e. The minimum Gasteiger partial charge on any atom is -0.396 e. The van der Waals surface area contributed by atoms with Crippen LogP contribution in [0.25, 0.3) is 11.3 Å². The molecule has 2 aromatic rings. The maximum atomic E-state index is 14.8. The van der Waals surface area contributed by atoms with Crippen LogP contribution in [-0.4, -0.2) is 51.9 Å². The number of alkyl halides is 1. The lowest BCUT2D eigenvalue weighted by atomic mass is 10.1. The molecule has 1 fully saturated rings. The summed E-state index contributed by atoms with van der Waals surface area (Å²) in [5, 5.41) is 12.6. The first-order valence-corrected chi connectivity index (χ1v) is 9.88. The zero-order valence-electron chi connectivity index (χ0n) is 15.8. The molecule has 0 aliphatic carbocycles. The van der Waals surface area contributed by atoms with Crippen LogP contribution in [0.5, 0.6) is 0 Å². The zero-order valence-corrected chi connectivity index (χ0v) is 16.6. The van der Waals surface area contributed by atoms with E-state index in [-0.39, 0.29) is 23.5 Å². The van der Waals surface area contributed by atoms with E-state index in [0.717, 1.165) is 5.56 Å². The molecule has 1 aliphatic rings. The summed E-state index contributed by atoms with van der Waals surface area (Å²) in [6.07, 6.45) is 3.99. The fourth-order valence-electron chi connectivity index (χ4n) is 3.35. The van der Waals surface area contributed by atoms with Crippen molar-refractivity contribution in [2.45, 2.75) is 44.9 Å². The molecule has 1 saturated heterocycles. The molecule has 8 heteroatoms. The van der Waals surface area contributed by atoms with E-state index >= 15 is 0 Å². The Hall–Kier alpha value is -1.83. The summed E-state index contributed by atoms with van der Waals surface area (Å²) in [6, 6.07) is 3.07. The van der Waals surface area contributed by atoms with E-state index in [1.165, 1.54) is 12.3 Å². The number of hydrogen-bond acceptors (Lipinski definition) is 5. The van der Waals surface area contributed by atoms with E-state index in [0.29, 0.717) is 50.1 Å². The molecule has 2 N–H and O–H groups in total. The molecule has 1 aliphatic heterocycles. The number of aromatic nitrogens is 2. The molecule has 0 aromatic carbocycles. The lowest BCUT2D eigenvalue weighted by Gasteiger charge is -2.28. The van der Waals surface area contributed by atoms with Crippen molar-refractivity contribution in [1.29, 1.82) is 0 Å². The van der Waals surface area contributed by atoms with Gasteiger partial charge in [-0.15, -0.1) is 0 Å². The predicted octanol–water partition coefficient (Wildman–Crippen LogP) is 4.05. The molecular weight excluding hydrogens is 386 g/mol. The minimum absolute atomic E-state index is 0.0250. The first-order chi connectivity index (χ1) is 13.5. The molecule has 0 amide bonds. The van der Waals surface area contributed by atoms with Crippen LogP contribution in [-0.2, 0) is 6.54 Å². The first kappa shape index (κ1) is 20.9. The maximum absolute atomic E-state index is 14.8. The molecule has 0 spiro atoms. The highest BCUT2D eigenvalue weighted by Gasteiger charge is 2.20. The molecule has 5 nitrogen and oxygen atoms in total. The fraction of sp³-hybridized carbons (Fsp3) is 0.500. The van der Waals surface area contributed by atoms with Crippen LogP contribution in [0.1, 0.15) is 31.7 Å². The number of hydrogen-bond donors (Lipinski definition) is 2. The van der Waals surface area contributed by atoms with E-state index in [4.69, 9.17) is 16.7 Å². The monoisotopic (exact) mass is 410 g/mol.